The minimum absolute atomic E-state index is 0.0226. The molecule has 107 heavy (non-hydrogen) atoms. The number of ether oxygens (including phenoxy) is 12. The van der Waals surface area contributed by atoms with Crippen molar-refractivity contribution in [1.29, 1.82) is 0 Å². The van der Waals surface area contributed by atoms with Gasteiger partial charge in [0.2, 0.25) is 0 Å². The van der Waals surface area contributed by atoms with Gasteiger partial charge in [-0.15, -0.1) is 0 Å². The number of rotatable bonds is 29. The van der Waals surface area contributed by atoms with E-state index in [1.165, 1.54) is 48.5 Å². The van der Waals surface area contributed by atoms with E-state index in [1.807, 2.05) is 0 Å². The molecule has 6 fully saturated rings. The molecule has 6 aromatic carbocycles. The number of alkyl halides is 1. The second-order valence-electron chi connectivity index (χ2n) is 26.6. The Labute approximate surface area is 626 Å². The van der Waals surface area contributed by atoms with Crippen molar-refractivity contribution in [3.63, 3.8) is 0 Å². The van der Waals surface area contributed by atoms with E-state index < -0.39 is 78.3 Å². The van der Waals surface area contributed by atoms with Gasteiger partial charge in [0.15, 0.2) is 0 Å². The Bertz CT molecular complexity index is 3980. The van der Waals surface area contributed by atoms with Crippen molar-refractivity contribution >= 4 is 69.7 Å². The van der Waals surface area contributed by atoms with E-state index in [0.29, 0.717) is 114 Å². The number of aliphatic hydroxyl groups excluding tert-OH is 3. The van der Waals surface area contributed by atoms with Gasteiger partial charge in [-0.2, -0.15) is 0 Å². The maximum atomic E-state index is 12.8. The maximum absolute atomic E-state index is 12.8. The number of esters is 9. The fourth-order valence-corrected chi connectivity index (χ4v) is 14.0. The van der Waals surface area contributed by atoms with Gasteiger partial charge in [0.1, 0.15) is 72.2 Å². The number of phenols is 1. The molecule has 0 bridgehead atoms. The molecular formula is C81H87BrO25. The molecule has 25 nitrogen and oxygen atoms in total. The van der Waals surface area contributed by atoms with Crippen LogP contribution < -0.4 is 9.47 Å². The van der Waals surface area contributed by atoms with E-state index in [1.54, 1.807) is 97.1 Å². The van der Waals surface area contributed by atoms with Crippen LogP contribution in [0.3, 0.4) is 0 Å². The smallest absolute Gasteiger partial charge is 0.338 e. The fraction of sp³-hybridized carbons (Fsp3) is 0.420. The van der Waals surface area contributed by atoms with Crippen LogP contribution in [0.1, 0.15) is 169 Å². The minimum Gasteiger partial charge on any atom is -0.508 e. The summed E-state index contributed by atoms with van der Waals surface area (Å²) in [5, 5.41) is 37.7. The number of hydrogen-bond acceptors (Lipinski definition) is 25. The number of benzene rings is 6. The standard InChI is InChI=1S/C31H34O10.C28H31BrO8.C22H22O7/c1-2-27(33)37-17-5-3-4-6-28(34)39-23-13-11-22(12-14-23)31(36)41-26-19-38-29-24(26)15-16-25(29)40-30(35)21-9-7-20(18-32)8-10-21;29-15-3-1-2-4-25(31)35-21-11-9-20(10-12-21)28(33)37-24-17-34-26-22(24)13-14-23(26)36-27(32)19-7-5-18(16-30)6-8-19;23-11-13-1-3-14(4-2-13)21(25)28-18-10-9-17-19(12-27-20(17)18)29-22(26)15-5-7-16(24)8-6-15/h2,7-14,24-26,29,32H,1,3-6,15-19H2;5-12,22-24,26,30H,1-4,13-17H2;1-8,17-20,23-24H,9-12H2/t24-,25-,26-,29+;22-,23-,24-,26+;17-,18-,19-,20+/m111/s1. The SMILES string of the molecule is C=CC(=O)OCCCCCC(=O)Oc1ccc(C(=O)O[C@@H]2CO[C@H]3[C@@H]2CC[C@H]3OC(=O)c2ccc(CO)cc2)cc1.O=C(CCCCCBr)Oc1ccc(C(=O)O[C@@H]2CO[C@H]3[C@@H]2CC[C@H]3OC(=O)c2ccc(CO)cc2)cc1.O=C(O[C@@H]1CO[C@H]2[C@@H]1CC[C@H]2OC(=O)c1ccc(CO)cc1)c1ccc(O)cc1. The molecular weight excluding hydrogens is 1450 g/mol. The molecule has 6 aromatic rings. The predicted molar refractivity (Wildman–Crippen MR) is 384 cm³/mol. The van der Waals surface area contributed by atoms with Crippen molar-refractivity contribution in [1.82, 2.24) is 0 Å². The molecule has 3 aliphatic carbocycles. The molecule has 4 N–H and O–H groups in total. The summed E-state index contributed by atoms with van der Waals surface area (Å²) in [5.74, 6) is -3.33. The molecule has 3 heterocycles. The molecule has 0 spiro atoms. The lowest BCUT2D eigenvalue weighted by molar-refractivity contribution is -0.138. The molecule has 3 saturated carbocycles. The Morgan fingerprint density at radius 3 is 0.972 bits per heavy atom. The minimum atomic E-state index is -0.515. The lowest BCUT2D eigenvalue weighted by atomic mass is 10.0. The Kier molecular flexibility index (Phi) is 29.7. The topological polar surface area (TPSA) is 345 Å². The first-order valence-corrected chi connectivity index (χ1v) is 37.0. The first-order chi connectivity index (χ1) is 51.9. The highest BCUT2D eigenvalue weighted by atomic mass is 79.9. The van der Waals surface area contributed by atoms with Crippen molar-refractivity contribution < 1.29 is 120 Å². The van der Waals surface area contributed by atoms with Gasteiger partial charge in [0, 0.05) is 42.0 Å². The predicted octanol–water partition coefficient (Wildman–Crippen LogP) is 11.0. The molecule has 3 saturated heterocycles. The van der Waals surface area contributed by atoms with Crippen LogP contribution in [0.15, 0.2) is 158 Å². The van der Waals surface area contributed by atoms with Crippen LogP contribution in [0.2, 0.25) is 0 Å². The van der Waals surface area contributed by atoms with E-state index >= 15 is 0 Å². The van der Waals surface area contributed by atoms with Gasteiger partial charge in [-0.05, 0) is 197 Å². The first kappa shape index (κ1) is 79.9. The summed E-state index contributed by atoms with van der Waals surface area (Å²) >= 11 is 3.37. The lowest BCUT2D eigenvalue weighted by Gasteiger charge is -2.19. The summed E-state index contributed by atoms with van der Waals surface area (Å²) in [7, 11) is 0. The van der Waals surface area contributed by atoms with Gasteiger partial charge in [-0.3, -0.25) is 9.59 Å². The molecule has 0 aromatic heterocycles. The first-order valence-electron chi connectivity index (χ1n) is 35.9. The zero-order chi connectivity index (χ0) is 75.8. The largest absolute Gasteiger partial charge is 0.508 e. The van der Waals surface area contributed by atoms with Crippen molar-refractivity contribution in [2.75, 3.05) is 31.8 Å². The van der Waals surface area contributed by atoms with Gasteiger partial charge in [-0.25, -0.2) is 33.6 Å². The van der Waals surface area contributed by atoms with E-state index in [0.717, 1.165) is 42.7 Å². The Balaban J connectivity index is 0.000000174. The average molecular weight is 1540 g/mol. The molecule has 0 radical (unpaired) electrons. The van der Waals surface area contributed by atoms with Crippen molar-refractivity contribution in [2.45, 2.75) is 165 Å². The maximum Gasteiger partial charge on any atom is 0.338 e. The van der Waals surface area contributed by atoms with Crippen LogP contribution in [-0.2, 0) is 81.6 Å². The summed E-state index contributed by atoms with van der Waals surface area (Å²) in [6.45, 7) is 4.04. The van der Waals surface area contributed by atoms with E-state index in [4.69, 9.17) is 72.2 Å². The number of fused-ring (bicyclic) bond motifs is 3. The molecule has 6 aliphatic rings. The highest BCUT2D eigenvalue weighted by Gasteiger charge is 2.52. The molecule has 3 aliphatic heterocycles. The monoisotopic (exact) mass is 1540 g/mol. The number of carbonyl (C=O) groups excluding carboxylic acids is 9. The third kappa shape index (κ3) is 22.5. The van der Waals surface area contributed by atoms with Gasteiger partial charge < -0.3 is 77.3 Å². The average Bonchev–Trinajstić information content (AvgIpc) is 1.66. The van der Waals surface area contributed by atoms with Gasteiger partial charge in [0.05, 0.1) is 79.6 Å². The van der Waals surface area contributed by atoms with Crippen LogP contribution in [0, 0.1) is 17.8 Å². The molecule has 0 unspecified atom stereocenters. The Morgan fingerprint density at radius 1 is 0.383 bits per heavy atom. The van der Waals surface area contributed by atoms with Gasteiger partial charge in [-0.1, -0.05) is 65.3 Å². The molecule has 0 amide bonds. The third-order valence-corrected chi connectivity index (χ3v) is 19.9. The van der Waals surface area contributed by atoms with Crippen LogP contribution in [0.4, 0.5) is 0 Å². The number of carbonyl (C=O) groups is 9. The van der Waals surface area contributed by atoms with Crippen molar-refractivity contribution in [3.05, 3.63) is 208 Å². The van der Waals surface area contributed by atoms with Crippen LogP contribution in [0.25, 0.3) is 0 Å². The highest BCUT2D eigenvalue weighted by Crippen LogP contribution is 2.43. The second-order valence-corrected chi connectivity index (χ2v) is 27.4. The van der Waals surface area contributed by atoms with Gasteiger partial charge in [0.25, 0.3) is 0 Å². The van der Waals surface area contributed by atoms with Crippen LogP contribution >= 0.6 is 15.9 Å². The number of aromatic hydroxyl groups is 1. The quantitative estimate of drug-likeness (QED) is 0.00846. The lowest BCUT2D eigenvalue weighted by Crippen LogP contribution is -2.31. The van der Waals surface area contributed by atoms with E-state index in [2.05, 4.69) is 22.5 Å². The number of phenolic OH excluding ortho intramolecular Hbond substituents is 1. The number of aliphatic hydroxyl groups is 3. The summed E-state index contributed by atoms with van der Waals surface area (Å²) in [6.07, 6.45) is 6.91. The number of hydrogen-bond donors (Lipinski definition) is 4. The molecule has 568 valence electrons. The summed E-state index contributed by atoms with van der Waals surface area (Å²) in [5.41, 5.74) is 4.39. The summed E-state index contributed by atoms with van der Waals surface area (Å²) in [6, 6.07) is 38.1. The van der Waals surface area contributed by atoms with Gasteiger partial charge >= 0.3 is 53.7 Å². The van der Waals surface area contributed by atoms with Crippen LogP contribution in [0.5, 0.6) is 17.2 Å². The summed E-state index contributed by atoms with van der Waals surface area (Å²) in [4.78, 5) is 110. The van der Waals surface area contributed by atoms with Crippen LogP contribution in [-0.4, -0.2) is 161 Å². The third-order valence-electron chi connectivity index (χ3n) is 19.4. The number of halogens is 1. The van der Waals surface area contributed by atoms with Crippen molar-refractivity contribution in [3.8, 4) is 17.2 Å². The Morgan fingerprint density at radius 2 is 0.673 bits per heavy atom. The zero-order valence-electron chi connectivity index (χ0n) is 58.9. The van der Waals surface area contributed by atoms with E-state index in [-0.39, 0.29) is 107 Å². The molecule has 12 rings (SSSR count). The highest BCUT2D eigenvalue weighted by molar-refractivity contribution is 9.09. The molecule has 12 atom stereocenters. The van der Waals surface area contributed by atoms with Crippen molar-refractivity contribution in [2.24, 2.45) is 17.8 Å². The normalized spacial score (nSPS) is 22.7. The number of unbranched alkanes of at least 4 members (excludes halogenated alkanes) is 4. The second kappa shape index (κ2) is 39.8. The Hall–Kier alpha value is -9.67. The molecule has 26 heteroatoms. The van der Waals surface area contributed by atoms with E-state index in [9.17, 15) is 48.3 Å². The fourth-order valence-electron chi connectivity index (χ4n) is 13.6. The summed E-state index contributed by atoms with van der Waals surface area (Å²) < 4.78 is 67.2. The zero-order valence-corrected chi connectivity index (χ0v) is 60.5.